The van der Waals surface area contributed by atoms with Gasteiger partial charge in [0.1, 0.15) is 6.04 Å². The van der Waals surface area contributed by atoms with Crippen molar-refractivity contribution in [2.75, 3.05) is 6.54 Å². The molecule has 1 rings (SSSR count). The lowest BCUT2D eigenvalue weighted by Gasteiger charge is -2.21. The molecule has 3 N–H and O–H groups in total. The van der Waals surface area contributed by atoms with Gasteiger partial charge in [-0.05, 0) is 12.8 Å². The molecule has 5 nitrogen and oxygen atoms in total. The average Bonchev–Trinajstić information content (AvgIpc) is 2.09. The van der Waals surface area contributed by atoms with Gasteiger partial charge in [-0.1, -0.05) is 6.92 Å². The summed E-state index contributed by atoms with van der Waals surface area (Å²) >= 11 is 0. The van der Waals surface area contributed by atoms with Crippen LogP contribution in [-0.4, -0.2) is 24.4 Å². The summed E-state index contributed by atoms with van der Waals surface area (Å²) in [6.07, 6.45) is 1.98. The lowest BCUT2D eigenvalue weighted by Crippen LogP contribution is -2.54. The van der Waals surface area contributed by atoms with Crippen LogP contribution in [0.3, 0.4) is 0 Å². The third-order valence-electron chi connectivity index (χ3n) is 1.89. The Bertz CT molecular complexity index is 206. The topological polar surface area (TPSA) is 70.2 Å². The third kappa shape index (κ3) is 3.12. The van der Waals surface area contributed by atoms with Gasteiger partial charge in [-0.3, -0.25) is 20.3 Å². The predicted molar refractivity (Wildman–Crippen MR) is 47.6 cm³/mol. The minimum Gasteiger partial charge on any atom is -0.295 e. The highest BCUT2D eigenvalue weighted by atomic mass is 16.2. The Hall–Kier alpha value is -0.940. The Morgan fingerprint density at radius 3 is 2.92 bits per heavy atom. The average molecular weight is 185 g/mol. The second-order valence-corrected chi connectivity index (χ2v) is 3.07. The summed E-state index contributed by atoms with van der Waals surface area (Å²) in [6.45, 7) is 2.86. The number of hydrogen-bond donors (Lipinski definition) is 3. The molecule has 1 aliphatic rings. The summed E-state index contributed by atoms with van der Waals surface area (Å²) < 4.78 is 0. The molecule has 1 heterocycles. The van der Waals surface area contributed by atoms with Crippen molar-refractivity contribution in [1.82, 2.24) is 16.2 Å². The van der Waals surface area contributed by atoms with Crippen molar-refractivity contribution in [3.63, 3.8) is 0 Å². The molecule has 5 heteroatoms. The van der Waals surface area contributed by atoms with Crippen LogP contribution in [0.15, 0.2) is 0 Å². The van der Waals surface area contributed by atoms with Gasteiger partial charge in [0.25, 0.3) is 0 Å². The van der Waals surface area contributed by atoms with Crippen molar-refractivity contribution in [3.05, 3.63) is 0 Å². The SMILES string of the molecule is CCCNNC1CCC(=O)NC1=O. The van der Waals surface area contributed by atoms with Gasteiger partial charge in [0.05, 0.1) is 0 Å². The molecule has 0 aromatic carbocycles. The highest BCUT2D eigenvalue weighted by Crippen LogP contribution is 2.02. The van der Waals surface area contributed by atoms with Crippen LogP contribution >= 0.6 is 0 Å². The molecular weight excluding hydrogens is 170 g/mol. The summed E-state index contributed by atoms with van der Waals surface area (Å²) in [5.41, 5.74) is 5.81. The van der Waals surface area contributed by atoms with Gasteiger partial charge in [-0.2, -0.15) is 0 Å². The molecule has 74 valence electrons. The number of carbonyl (C=O) groups is 2. The fourth-order valence-corrected chi connectivity index (χ4v) is 1.15. The van der Waals surface area contributed by atoms with Gasteiger partial charge >= 0.3 is 0 Å². The van der Waals surface area contributed by atoms with E-state index in [-0.39, 0.29) is 17.9 Å². The first-order valence-electron chi connectivity index (χ1n) is 4.56. The molecule has 0 aliphatic carbocycles. The van der Waals surface area contributed by atoms with E-state index >= 15 is 0 Å². The van der Waals surface area contributed by atoms with Crippen molar-refractivity contribution in [1.29, 1.82) is 0 Å². The molecule has 0 radical (unpaired) electrons. The van der Waals surface area contributed by atoms with E-state index in [2.05, 4.69) is 16.2 Å². The van der Waals surface area contributed by atoms with E-state index in [9.17, 15) is 9.59 Å². The zero-order valence-electron chi connectivity index (χ0n) is 7.72. The number of amides is 2. The number of rotatable bonds is 4. The van der Waals surface area contributed by atoms with Gasteiger partial charge in [-0.15, -0.1) is 0 Å². The molecule has 1 unspecified atom stereocenters. The van der Waals surface area contributed by atoms with Crippen molar-refractivity contribution < 1.29 is 9.59 Å². The normalized spacial score (nSPS) is 23.0. The maximum atomic E-state index is 11.2. The van der Waals surface area contributed by atoms with Gasteiger partial charge in [-0.25, -0.2) is 5.43 Å². The Labute approximate surface area is 77.2 Å². The maximum Gasteiger partial charge on any atom is 0.245 e. The third-order valence-corrected chi connectivity index (χ3v) is 1.89. The Morgan fingerprint density at radius 2 is 2.31 bits per heavy atom. The molecule has 0 aromatic heterocycles. The number of imide groups is 1. The van der Waals surface area contributed by atoms with Crippen molar-refractivity contribution >= 4 is 11.8 Å². The Kier molecular flexibility index (Phi) is 3.85. The number of hydrazine groups is 1. The second kappa shape index (κ2) is 4.94. The van der Waals surface area contributed by atoms with E-state index in [1.54, 1.807) is 0 Å². The Morgan fingerprint density at radius 1 is 1.54 bits per heavy atom. The van der Waals surface area contributed by atoms with Crippen LogP contribution in [0.4, 0.5) is 0 Å². The van der Waals surface area contributed by atoms with Crippen molar-refractivity contribution in [2.24, 2.45) is 0 Å². The quantitative estimate of drug-likeness (QED) is 0.307. The molecule has 1 atom stereocenters. The summed E-state index contributed by atoms with van der Waals surface area (Å²) in [5.74, 6) is -0.418. The molecule has 1 saturated heterocycles. The van der Waals surface area contributed by atoms with Crippen molar-refractivity contribution in [2.45, 2.75) is 32.2 Å². The van der Waals surface area contributed by atoms with E-state index in [1.165, 1.54) is 0 Å². The van der Waals surface area contributed by atoms with Crippen LogP contribution < -0.4 is 16.2 Å². The number of carbonyl (C=O) groups excluding carboxylic acids is 2. The first kappa shape index (κ1) is 10.1. The summed E-state index contributed by atoms with van der Waals surface area (Å²) in [7, 11) is 0. The van der Waals surface area contributed by atoms with Gasteiger partial charge in [0, 0.05) is 13.0 Å². The van der Waals surface area contributed by atoms with E-state index in [0.717, 1.165) is 13.0 Å². The molecule has 0 aromatic rings. The molecule has 1 aliphatic heterocycles. The number of piperidine rings is 1. The zero-order chi connectivity index (χ0) is 9.68. The fraction of sp³-hybridized carbons (Fsp3) is 0.750. The Balaban J connectivity index is 2.26. The van der Waals surface area contributed by atoms with Crippen LogP contribution in [0.5, 0.6) is 0 Å². The molecule has 0 bridgehead atoms. The molecule has 0 spiro atoms. The first-order valence-corrected chi connectivity index (χ1v) is 4.56. The molecule has 13 heavy (non-hydrogen) atoms. The van der Waals surface area contributed by atoms with Gasteiger partial charge < -0.3 is 0 Å². The monoisotopic (exact) mass is 185 g/mol. The van der Waals surface area contributed by atoms with E-state index in [4.69, 9.17) is 0 Å². The first-order chi connectivity index (χ1) is 6.24. The largest absolute Gasteiger partial charge is 0.295 e. The highest BCUT2D eigenvalue weighted by Gasteiger charge is 2.25. The highest BCUT2D eigenvalue weighted by molar-refractivity contribution is 6.00. The standard InChI is InChI=1S/C8H15N3O2/c1-2-5-9-11-6-3-4-7(12)10-8(6)13/h6,9,11H,2-5H2,1H3,(H,10,12,13). The summed E-state index contributed by atoms with van der Waals surface area (Å²) in [5, 5.41) is 2.28. The molecular formula is C8H15N3O2. The predicted octanol–water partition coefficient (Wildman–Crippen LogP) is -0.704. The number of nitrogens with one attached hydrogen (secondary N) is 3. The molecule has 1 fully saturated rings. The van der Waals surface area contributed by atoms with Crippen molar-refractivity contribution in [3.8, 4) is 0 Å². The van der Waals surface area contributed by atoms with Gasteiger partial charge in [0.15, 0.2) is 0 Å². The van der Waals surface area contributed by atoms with E-state index < -0.39 is 0 Å². The second-order valence-electron chi connectivity index (χ2n) is 3.07. The van der Waals surface area contributed by atoms with E-state index in [1.807, 2.05) is 6.92 Å². The maximum absolute atomic E-state index is 11.2. The van der Waals surface area contributed by atoms with E-state index in [0.29, 0.717) is 12.8 Å². The fourth-order valence-electron chi connectivity index (χ4n) is 1.15. The molecule has 0 saturated carbocycles. The van der Waals surface area contributed by atoms with Crippen LogP contribution in [-0.2, 0) is 9.59 Å². The lowest BCUT2D eigenvalue weighted by molar-refractivity contribution is -0.134. The minimum absolute atomic E-state index is 0.182. The molecule has 2 amide bonds. The summed E-state index contributed by atoms with van der Waals surface area (Å²) in [4.78, 5) is 21.9. The zero-order valence-corrected chi connectivity index (χ0v) is 7.72. The van der Waals surface area contributed by atoms with Crippen LogP contribution in [0.2, 0.25) is 0 Å². The number of hydrogen-bond acceptors (Lipinski definition) is 4. The van der Waals surface area contributed by atoms with Crippen LogP contribution in [0, 0.1) is 0 Å². The smallest absolute Gasteiger partial charge is 0.245 e. The lowest BCUT2D eigenvalue weighted by atomic mass is 10.1. The van der Waals surface area contributed by atoms with Gasteiger partial charge in [0.2, 0.25) is 11.8 Å². The minimum atomic E-state index is -0.274. The van der Waals surface area contributed by atoms with Crippen LogP contribution in [0.1, 0.15) is 26.2 Å². The van der Waals surface area contributed by atoms with Crippen LogP contribution in [0.25, 0.3) is 0 Å². The summed E-state index contributed by atoms with van der Waals surface area (Å²) in [6, 6.07) is -0.274.